The first-order chi connectivity index (χ1) is 16.6. The molecular formula is C27H24N4O2S. The van der Waals surface area contributed by atoms with Gasteiger partial charge in [-0.3, -0.25) is 0 Å². The summed E-state index contributed by atoms with van der Waals surface area (Å²) < 4.78 is 13.5. The number of thiophene rings is 1. The van der Waals surface area contributed by atoms with Crippen LogP contribution in [0.4, 0.5) is 0 Å². The topological polar surface area (TPSA) is 75.8 Å². The molecule has 0 fully saturated rings. The van der Waals surface area contributed by atoms with Crippen molar-refractivity contribution in [2.75, 3.05) is 0 Å². The highest BCUT2D eigenvalue weighted by Crippen LogP contribution is 2.47. The van der Waals surface area contributed by atoms with Gasteiger partial charge in [-0.15, -0.1) is 11.3 Å². The molecule has 0 aliphatic carbocycles. The molecule has 7 rings (SSSR count). The van der Waals surface area contributed by atoms with E-state index in [9.17, 15) is 0 Å². The second-order valence-electron chi connectivity index (χ2n) is 9.22. The van der Waals surface area contributed by atoms with E-state index in [1.165, 1.54) is 15.0 Å². The van der Waals surface area contributed by atoms with Gasteiger partial charge in [0.15, 0.2) is 0 Å². The van der Waals surface area contributed by atoms with Crippen LogP contribution in [-0.2, 0) is 19.6 Å². The first kappa shape index (κ1) is 19.9. The van der Waals surface area contributed by atoms with Crippen molar-refractivity contribution in [3.05, 3.63) is 59.4 Å². The van der Waals surface area contributed by atoms with Gasteiger partial charge in [0, 0.05) is 28.3 Å². The Bertz CT molecular complexity index is 1590. The molecule has 0 saturated heterocycles. The maximum atomic E-state index is 6.24. The molecule has 0 saturated carbocycles. The molecule has 2 aromatic carbocycles. The highest BCUT2D eigenvalue weighted by molar-refractivity contribution is 7.22. The van der Waals surface area contributed by atoms with Gasteiger partial charge in [-0.05, 0) is 35.2 Å². The number of hydrogen-bond acceptors (Lipinski definition) is 5. The minimum atomic E-state index is 0.351. The predicted octanol–water partition coefficient (Wildman–Crippen LogP) is 6.82. The van der Waals surface area contributed by atoms with Gasteiger partial charge in [0.05, 0.1) is 16.1 Å². The van der Waals surface area contributed by atoms with Gasteiger partial charge < -0.3 is 19.4 Å². The number of aromatic amines is 2. The van der Waals surface area contributed by atoms with Crippen LogP contribution >= 0.6 is 11.3 Å². The number of nitrogens with one attached hydrogen (secondary N) is 2. The summed E-state index contributed by atoms with van der Waals surface area (Å²) in [5.41, 5.74) is 7.46. The van der Waals surface area contributed by atoms with Gasteiger partial charge in [-0.25, -0.2) is 9.97 Å². The van der Waals surface area contributed by atoms with E-state index >= 15 is 0 Å². The number of hydrogen-bond donors (Lipinski definition) is 2. The maximum absolute atomic E-state index is 6.24. The molecule has 5 heterocycles. The van der Waals surface area contributed by atoms with E-state index in [0.29, 0.717) is 19.1 Å². The molecule has 0 spiro atoms. The fraction of sp³-hybridized carbons (Fsp3) is 0.259. The molecule has 170 valence electrons. The summed E-state index contributed by atoms with van der Waals surface area (Å²) in [6.07, 6.45) is 0.882. The molecule has 3 aromatic heterocycles. The minimum Gasteiger partial charge on any atom is -0.486 e. The van der Waals surface area contributed by atoms with Gasteiger partial charge in [0.1, 0.15) is 47.7 Å². The monoisotopic (exact) mass is 468 g/mol. The normalized spacial score (nSPS) is 13.8. The Balaban J connectivity index is 1.30. The number of nitrogens with zero attached hydrogens (tertiary/aromatic N) is 2. The lowest BCUT2D eigenvalue weighted by atomic mass is 10.0. The number of H-pyrrole nitrogens is 2. The van der Waals surface area contributed by atoms with Gasteiger partial charge in [0.25, 0.3) is 0 Å². The Morgan fingerprint density at radius 2 is 1.74 bits per heavy atom. The second kappa shape index (κ2) is 7.21. The summed E-state index contributed by atoms with van der Waals surface area (Å²) in [5.74, 6) is 4.21. The smallest absolute Gasteiger partial charge is 0.147 e. The largest absolute Gasteiger partial charge is 0.486 e. The van der Waals surface area contributed by atoms with Crippen LogP contribution in [0, 0.1) is 0 Å². The van der Waals surface area contributed by atoms with Gasteiger partial charge in [0.2, 0.25) is 0 Å². The fourth-order valence-corrected chi connectivity index (χ4v) is 5.99. The van der Waals surface area contributed by atoms with Crippen LogP contribution < -0.4 is 9.47 Å². The van der Waals surface area contributed by atoms with Gasteiger partial charge >= 0.3 is 0 Å². The van der Waals surface area contributed by atoms with Crippen LogP contribution in [0.3, 0.4) is 0 Å². The summed E-state index contributed by atoms with van der Waals surface area (Å²) in [7, 11) is 0. The van der Waals surface area contributed by atoms with Crippen molar-refractivity contribution >= 4 is 21.4 Å². The third-order valence-electron chi connectivity index (χ3n) is 6.67. The molecule has 34 heavy (non-hydrogen) atoms. The lowest BCUT2D eigenvalue weighted by molar-refractivity contribution is 0.298. The molecule has 0 amide bonds. The van der Waals surface area contributed by atoms with Crippen LogP contribution in [0.5, 0.6) is 11.5 Å². The average Bonchev–Trinajstić information content (AvgIpc) is 3.59. The Morgan fingerprint density at radius 3 is 2.59 bits per heavy atom. The minimum absolute atomic E-state index is 0.351. The maximum Gasteiger partial charge on any atom is 0.147 e. The zero-order chi connectivity index (χ0) is 23.0. The number of aromatic nitrogens is 4. The van der Waals surface area contributed by atoms with E-state index in [1.54, 1.807) is 11.3 Å². The predicted molar refractivity (Wildman–Crippen MR) is 135 cm³/mol. The summed E-state index contributed by atoms with van der Waals surface area (Å²) in [5, 5.41) is 1.19. The number of fused-ring (bicyclic) bond motifs is 8. The zero-order valence-corrected chi connectivity index (χ0v) is 20.1. The van der Waals surface area contributed by atoms with E-state index in [4.69, 9.17) is 14.5 Å². The highest BCUT2D eigenvalue weighted by atomic mass is 32.1. The molecule has 0 unspecified atom stereocenters. The molecule has 0 atom stereocenters. The lowest BCUT2D eigenvalue weighted by Crippen LogP contribution is -2.05. The van der Waals surface area contributed by atoms with Crippen LogP contribution in [0.15, 0.2) is 36.4 Å². The Labute approximate surface area is 201 Å². The fourth-order valence-electron chi connectivity index (χ4n) is 4.84. The molecular weight excluding hydrogens is 444 g/mol. The molecule has 6 nitrogen and oxygen atoms in total. The Hall–Kier alpha value is -3.58. The first-order valence-corrected chi connectivity index (χ1v) is 12.5. The molecule has 0 bridgehead atoms. The van der Waals surface area contributed by atoms with Crippen molar-refractivity contribution in [3.8, 4) is 44.5 Å². The molecule has 2 N–H and O–H groups in total. The van der Waals surface area contributed by atoms with E-state index < -0.39 is 0 Å². The summed E-state index contributed by atoms with van der Waals surface area (Å²) in [4.78, 5) is 17.6. The van der Waals surface area contributed by atoms with E-state index in [1.807, 2.05) is 0 Å². The first-order valence-electron chi connectivity index (χ1n) is 11.7. The number of benzene rings is 2. The zero-order valence-electron chi connectivity index (χ0n) is 19.3. The van der Waals surface area contributed by atoms with Gasteiger partial charge in [-0.1, -0.05) is 32.9 Å². The quantitative estimate of drug-likeness (QED) is 0.305. The molecule has 5 aromatic rings. The van der Waals surface area contributed by atoms with E-state index in [-0.39, 0.29) is 0 Å². The lowest BCUT2D eigenvalue weighted by Gasteiger charge is -2.17. The molecule has 2 aliphatic heterocycles. The number of imidazole rings is 2. The Morgan fingerprint density at radius 1 is 0.941 bits per heavy atom. The van der Waals surface area contributed by atoms with Crippen molar-refractivity contribution < 1.29 is 9.47 Å². The number of ether oxygens (including phenoxy) is 2. The van der Waals surface area contributed by atoms with Crippen molar-refractivity contribution in [1.82, 2.24) is 19.9 Å². The van der Waals surface area contributed by atoms with Crippen LogP contribution in [0.1, 0.15) is 49.7 Å². The standard InChI is InChI=1S/C27H24N4O2S/c1-4-22-28-18-11-32-20-9-14(5-7-16(20)23(18)30-22)21-10-15-6-8-17-24-19(29-27(31-24)13(2)3)12-33-25(17)26(15)34-21/h5-10,13H,4,11-12H2,1-3H3,(H,28,30)(H,29,31). The molecule has 0 radical (unpaired) electrons. The van der Waals surface area contributed by atoms with Crippen LogP contribution in [0.25, 0.3) is 43.0 Å². The Kier molecular flexibility index (Phi) is 4.21. The summed E-state index contributed by atoms with van der Waals surface area (Å²) in [6.45, 7) is 7.41. The number of aryl methyl sites for hydroxylation is 1. The van der Waals surface area contributed by atoms with Crippen molar-refractivity contribution in [2.45, 2.75) is 46.3 Å². The van der Waals surface area contributed by atoms with Crippen molar-refractivity contribution in [3.63, 3.8) is 0 Å². The SMILES string of the molecule is CCc1nc2c([nH]1)-c1ccc(-c3cc4ccc5c(c4s3)OCc3nc(C(C)C)[nH]c3-5)cc1OC2. The third kappa shape index (κ3) is 2.86. The van der Waals surface area contributed by atoms with Crippen LogP contribution in [0.2, 0.25) is 0 Å². The van der Waals surface area contributed by atoms with Crippen molar-refractivity contribution in [1.29, 1.82) is 0 Å². The van der Waals surface area contributed by atoms with Crippen LogP contribution in [-0.4, -0.2) is 19.9 Å². The average molecular weight is 469 g/mol. The molecule has 7 heteroatoms. The highest BCUT2D eigenvalue weighted by Gasteiger charge is 2.26. The summed E-state index contributed by atoms with van der Waals surface area (Å²) >= 11 is 1.76. The van der Waals surface area contributed by atoms with E-state index in [0.717, 1.165) is 69.0 Å². The third-order valence-corrected chi connectivity index (χ3v) is 7.87. The second-order valence-corrected chi connectivity index (χ2v) is 10.3. The van der Waals surface area contributed by atoms with Gasteiger partial charge in [-0.2, -0.15) is 0 Å². The summed E-state index contributed by atoms with van der Waals surface area (Å²) in [6, 6.07) is 13.0. The van der Waals surface area contributed by atoms with Crippen molar-refractivity contribution in [2.24, 2.45) is 0 Å². The number of rotatable bonds is 3. The molecule has 2 aliphatic rings. The van der Waals surface area contributed by atoms with E-state index in [2.05, 4.69) is 72.1 Å².